The van der Waals surface area contributed by atoms with Gasteiger partial charge in [0.15, 0.2) is 0 Å². The van der Waals surface area contributed by atoms with Crippen molar-refractivity contribution in [3.8, 4) is 0 Å². The third-order valence-corrected chi connectivity index (χ3v) is 3.81. The molecule has 0 aliphatic carbocycles. The molecule has 0 saturated heterocycles. The Kier molecular flexibility index (Phi) is 6.30. The number of hydrogen-bond acceptors (Lipinski definition) is 6. The average molecular weight is 369 g/mol. The summed E-state index contributed by atoms with van der Waals surface area (Å²) in [7, 11) is 1.19. The van der Waals surface area contributed by atoms with Crippen LogP contribution in [0.15, 0.2) is 46.8 Å². The molecule has 9 heteroatoms. The zero-order chi connectivity index (χ0) is 18.0. The molecule has 1 aliphatic heterocycles. The van der Waals surface area contributed by atoms with E-state index in [2.05, 4.69) is 5.32 Å². The van der Waals surface area contributed by atoms with Crippen LogP contribution in [0, 0.1) is 10.1 Å². The standard InChI is InChI=1S/C16H16N2O6.ClH/c1-8-12(15(19)20)14(13(9(2)17-8)16(21)24-3)10-5-4-6-11(7-10)18(22)23;/h4-7,14,17H,1-3H3,(H,19,20);1H. The molecule has 8 nitrogen and oxygen atoms in total. The molecule has 1 atom stereocenters. The van der Waals surface area contributed by atoms with E-state index in [4.69, 9.17) is 4.74 Å². The molecule has 1 heterocycles. The molecule has 0 aromatic heterocycles. The van der Waals surface area contributed by atoms with E-state index in [-0.39, 0.29) is 29.2 Å². The van der Waals surface area contributed by atoms with E-state index in [1.54, 1.807) is 19.9 Å². The van der Waals surface area contributed by atoms with Crippen LogP contribution < -0.4 is 5.32 Å². The molecule has 134 valence electrons. The molecule has 1 aromatic rings. The summed E-state index contributed by atoms with van der Waals surface area (Å²) >= 11 is 0. The van der Waals surface area contributed by atoms with Gasteiger partial charge in [-0.25, -0.2) is 9.59 Å². The van der Waals surface area contributed by atoms with Gasteiger partial charge in [0.1, 0.15) is 0 Å². The quantitative estimate of drug-likeness (QED) is 0.476. The third kappa shape index (κ3) is 3.80. The van der Waals surface area contributed by atoms with Crippen molar-refractivity contribution in [2.24, 2.45) is 0 Å². The van der Waals surface area contributed by atoms with E-state index in [9.17, 15) is 24.8 Å². The van der Waals surface area contributed by atoms with Crippen LogP contribution in [0.25, 0.3) is 0 Å². The average Bonchev–Trinajstić information content (AvgIpc) is 2.53. The van der Waals surface area contributed by atoms with Gasteiger partial charge in [0.05, 0.1) is 29.1 Å². The number of nitrogens with one attached hydrogen (secondary N) is 1. The van der Waals surface area contributed by atoms with Crippen LogP contribution in [-0.4, -0.2) is 29.1 Å². The molecule has 1 aromatic carbocycles. The predicted octanol–water partition coefficient (Wildman–Crippen LogP) is 2.51. The van der Waals surface area contributed by atoms with Crippen LogP contribution >= 0.6 is 12.4 Å². The number of carbonyl (C=O) groups is 2. The summed E-state index contributed by atoms with van der Waals surface area (Å²) in [6.45, 7) is 3.20. The Morgan fingerprint density at radius 2 is 1.84 bits per heavy atom. The number of non-ortho nitro benzene ring substituents is 1. The first kappa shape index (κ1) is 20.2. The molecular formula is C16H17ClN2O6. The maximum absolute atomic E-state index is 12.2. The van der Waals surface area contributed by atoms with Gasteiger partial charge in [0, 0.05) is 23.5 Å². The fourth-order valence-electron chi connectivity index (χ4n) is 2.81. The first-order valence-electron chi connectivity index (χ1n) is 7.02. The summed E-state index contributed by atoms with van der Waals surface area (Å²) in [6.07, 6.45) is 0. The molecule has 0 fully saturated rings. The van der Waals surface area contributed by atoms with Gasteiger partial charge in [0.2, 0.25) is 0 Å². The number of carbonyl (C=O) groups excluding carboxylic acids is 1. The number of esters is 1. The lowest BCUT2D eigenvalue weighted by Gasteiger charge is -2.29. The number of hydrogen-bond donors (Lipinski definition) is 2. The van der Waals surface area contributed by atoms with Crippen molar-refractivity contribution >= 4 is 30.0 Å². The minimum atomic E-state index is -1.22. The molecule has 2 rings (SSSR count). The number of ether oxygens (including phenoxy) is 1. The number of carboxylic acid groups (broad SMARTS) is 1. The molecular weight excluding hydrogens is 352 g/mol. The Bertz CT molecular complexity index is 800. The molecule has 1 aliphatic rings. The zero-order valence-electron chi connectivity index (χ0n) is 13.7. The van der Waals surface area contributed by atoms with E-state index in [1.807, 2.05) is 0 Å². The van der Waals surface area contributed by atoms with Gasteiger partial charge in [0.25, 0.3) is 5.69 Å². The number of rotatable bonds is 4. The Labute approximate surface area is 149 Å². The van der Waals surface area contributed by atoms with Crippen LogP contribution in [0.3, 0.4) is 0 Å². The summed E-state index contributed by atoms with van der Waals surface area (Å²) in [5.41, 5.74) is 1.02. The summed E-state index contributed by atoms with van der Waals surface area (Å²) < 4.78 is 4.77. The third-order valence-electron chi connectivity index (χ3n) is 3.81. The van der Waals surface area contributed by atoms with Crippen molar-refractivity contribution in [3.63, 3.8) is 0 Å². The Morgan fingerprint density at radius 1 is 1.24 bits per heavy atom. The fourth-order valence-corrected chi connectivity index (χ4v) is 2.81. The highest BCUT2D eigenvalue weighted by atomic mass is 35.5. The van der Waals surface area contributed by atoms with Crippen LogP contribution in [0.2, 0.25) is 0 Å². The van der Waals surface area contributed by atoms with Crippen molar-refractivity contribution in [3.05, 3.63) is 62.5 Å². The van der Waals surface area contributed by atoms with Gasteiger partial charge < -0.3 is 15.2 Å². The number of methoxy groups -OCH3 is 1. The second kappa shape index (κ2) is 7.80. The minimum Gasteiger partial charge on any atom is -0.478 e. The molecule has 0 spiro atoms. The van der Waals surface area contributed by atoms with Crippen molar-refractivity contribution in [2.75, 3.05) is 7.11 Å². The normalized spacial score (nSPS) is 16.7. The predicted molar refractivity (Wildman–Crippen MR) is 91.3 cm³/mol. The molecule has 0 bridgehead atoms. The number of nitro benzene ring substituents is 1. The highest BCUT2D eigenvalue weighted by Gasteiger charge is 2.37. The lowest BCUT2D eigenvalue weighted by atomic mass is 9.80. The van der Waals surface area contributed by atoms with Crippen molar-refractivity contribution in [1.82, 2.24) is 5.32 Å². The smallest absolute Gasteiger partial charge is 0.336 e. The second-order valence-corrected chi connectivity index (χ2v) is 5.28. The second-order valence-electron chi connectivity index (χ2n) is 5.28. The maximum Gasteiger partial charge on any atom is 0.336 e. The largest absolute Gasteiger partial charge is 0.478 e. The monoisotopic (exact) mass is 368 g/mol. The van der Waals surface area contributed by atoms with Crippen LogP contribution in [0.1, 0.15) is 25.3 Å². The van der Waals surface area contributed by atoms with Gasteiger partial charge in [-0.1, -0.05) is 12.1 Å². The van der Waals surface area contributed by atoms with Crippen molar-refractivity contribution in [1.29, 1.82) is 0 Å². The molecule has 25 heavy (non-hydrogen) atoms. The van der Waals surface area contributed by atoms with E-state index in [0.717, 1.165) is 0 Å². The summed E-state index contributed by atoms with van der Waals surface area (Å²) in [5.74, 6) is -2.87. The number of nitro groups is 1. The molecule has 1 unspecified atom stereocenters. The highest BCUT2D eigenvalue weighted by molar-refractivity contribution is 5.99. The van der Waals surface area contributed by atoms with Crippen LogP contribution in [-0.2, 0) is 14.3 Å². The van der Waals surface area contributed by atoms with E-state index >= 15 is 0 Å². The summed E-state index contributed by atoms with van der Waals surface area (Å²) in [6, 6.07) is 5.57. The van der Waals surface area contributed by atoms with Crippen molar-refractivity contribution < 1.29 is 24.4 Å². The van der Waals surface area contributed by atoms with Gasteiger partial charge in [-0.15, -0.1) is 12.4 Å². The molecule has 0 amide bonds. The number of nitrogens with zero attached hydrogens (tertiary/aromatic N) is 1. The van der Waals surface area contributed by atoms with Gasteiger partial charge >= 0.3 is 11.9 Å². The van der Waals surface area contributed by atoms with Crippen LogP contribution in [0.4, 0.5) is 5.69 Å². The Hall–Kier alpha value is -2.87. The Balaban J connectivity index is 0.00000312. The highest BCUT2D eigenvalue weighted by Crippen LogP contribution is 2.39. The van der Waals surface area contributed by atoms with E-state index in [1.165, 1.54) is 25.3 Å². The molecule has 2 N–H and O–H groups in total. The lowest BCUT2D eigenvalue weighted by Crippen LogP contribution is -2.31. The summed E-state index contributed by atoms with van der Waals surface area (Å²) in [4.78, 5) is 34.3. The number of carboxylic acids is 1. The lowest BCUT2D eigenvalue weighted by molar-refractivity contribution is -0.384. The first-order valence-corrected chi connectivity index (χ1v) is 7.02. The van der Waals surface area contributed by atoms with E-state index in [0.29, 0.717) is 17.0 Å². The zero-order valence-corrected chi connectivity index (χ0v) is 14.5. The van der Waals surface area contributed by atoms with Crippen molar-refractivity contribution in [2.45, 2.75) is 19.8 Å². The first-order chi connectivity index (χ1) is 11.3. The molecule has 0 radical (unpaired) electrons. The fraction of sp³-hybridized carbons (Fsp3) is 0.250. The van der Waals surface area contributed by atoms with Gasteiger partial charge in [-0.3, -0.25) is 10.1 Å². The minimum absolute atomic E-state index is 0. The number of dihydropyridines is 1. The van der Waals surface area contributed by atoms with Crippen LogP contribution in [0.5, 0.6) is 0 Å². The number of benzene rings is 1. The topological polar surface area (TPSA) is 119 Å². The van der Waals surface area contributed by atoms with E-state index < -0.39 is 22.8 Å². The Morgan fingerprint density at radius 3 is 2.36 bits per heavy atom. The maximum atomic E-state index is 12.2. The number of halogens is 1. The number of aliphatic carboxylic acids is 1. The molecule has 0 saturated carbocycles. The summed E-state index contributed by atoms with van der Waals surface area (Å²) in [5, 5.41) is 23.4. The van der Waals surface area contributed by atoms with Gasteiger partial charge in [-0.05, 0) is 19.4 Å². The van der Waals surface area contributed by atoms with Gasteiger partial charge in [-0.2, -0.15) is 0 Å². The number of allylic oxidation sites excluding steroid dienone is 2. The SMILES string of the molecule is COC(=O)C1=C(C)NC(C)=C(C(=O)O)C1c1cccc([N+](=O)[O-])c1.Cl.